The lowest BCUT2D eigenvalue weighted by Gasteiger charge is -2.04. The Bertz CT molecular complexity index is 238. The van der Waals surface area contributed by atoms with Crippen LogP contribution in [0.25, 0.3) is 5.57 Å². The standard InChI is InChI=1S/C11H14O/c1-3-12-9-10(2)11-7-5-4-6-8-11/h4-8H,2-3,9H2,1H3. The maximum absolute atomic E-state index is 5.25. The van der Waals surface area contributed by atoms with Crippen LogP contribution in [-0.4, -0.2) is 13.2 Å². The van der Waals surface area contributed by atoms with Gasteiger partial charge in [0.25, 0.3) is 0 Å². The minimum Gasteiger partial charge on any atom is -0.377 e. The normalized spacial score (nSPS) is 9.75. The van der Waals surface area contributed by atoms with E-state index < -0.39 is 0 Å². The molecule has 0 aliphatic carbocycles. The molecule has 0 aliphatic heterocycles. The molecule has 12 heavy (non-hydrogen) atoms. The van der Waals surface area contributed by atoms with E-state index >= 15 is 0 Å². The van der Waals surface area contributed by atoms with Gasteiger partial charge in [-0.05, 0) is 18.1 Å². The molecule has 0 spiro atoms. The van der Waals surface area contributed by atoms with Crippen LogP contribution in [0.15, 0.2) is 36.9 Å². The van der Waals surface area contributed by atoms with Crippen molar-refractivity contribution in [3.8, 4) is 0 Å². The van der Waals surface area contributed by atoms with Crippen LogP contribution in [-0.2, 0) is 4.74 Å². The van der Waals surface area contributed by atoms with Gasteiger partial charge in [0, 0.05) is 6.61 Å². The summed E-state index contributed by atoms with van der Waals surface area (Å²) >= 11 is 0. The molecule has 0 saturated heterocycles. The van der Waals surface area contributed by atoms with E-state index in [0.29, 0.717) is 6.61 Å². The molecule has 0 saturated carbocycles. The van der Waals surface area contributed by atoms with E-state index in [4.69, 9.17) is 4.74 Å². The van der Waals surface area contributed by atoms with Gasteiger partial charge in [-0.15, -0.1) is 0 Å². The van der Waals surface area contributed by atoms with Crippen molar-refractivity contribution in [1.29, 1.82) is 0 Å². The van der Waals surface area contributed by atoms with Gasteiger partial charge < -0.3 is 4.74 Å². The summed E-state index contributed by atoms with van der Waals surface area (Å²) in [5.74, 6) is 0. The van der Waals surface area contributed by atoms with Crippen molar-refractivity contribution in [3.63, 3.8) is 0 Å². The first-order valence-corrected chi connectivity index (χ1v) is 4.15. The summed E-state index contributed by atoms with van der Waals surface area (Å²) in [5, 5.41) is 0. The van der Waals surface area contributed by atoms with Crippen molar-refractivity contribution in [2.75, 3.05) is 13.2 Å². The first-order chi connectivity index (χ1) is 5.84. The summed E-state index contributed by atoms with van der Waals surface area (Å²) in [5.41, 5.74) is 2.20. The van der Waals surface area contributed by atoms with Gasteiger partial charge in [0.15, 0.2) is 0 Å². The molecule has 0 aromatic heterocycles. The molecule has 0 bridgehead atoms. The van der Waals surface area contributed by atoms with E-state index in [2.05, 4.69) is 6.58 Å². The Kier molecular flexibility index (Phi) is 3.55. The quantitative estimate of drug-likeness (QED) is 0.661. The van der Waals surface area contributed by atoms with E-state index in [1.165, 1.54) is 0 Å². The van der Waals surface area contributed by atoms with Crippen molar-refractivity contribution in [2.24, 2.45) is 0 Å². The molecule has 0 radical (unpaired) electrons. The molecule has 0 amide bonds. The molecule has 0 unspecified atom stereocenters. The maximum atomic E-state index is 5.25. The zero-order valence-corrected chi connectivity index (χ0v) is 7.42. The van der Waals surface area contributed by atoms with Gasteiger partial charge >= 0.3 is 0 Å². The molecule has 1 nitrogen and oxygen atoms in total. The van der Waals surface area contributed by atoms with Crippen molar-refractivity contribution >= 4 is 5.57 Å². The zero-order chi connectivity index (χ0) is 8.81. The van der Waals surface area contributed by atoms with E-state index in [1.54, 1.807) is 0 Å². The molecular formula is C11H14O. The summed E-state index contributed by atoms with van der Waals surface area (Å²) in [4.78, 5) is 0. The van der Waals surface area contributed by atoms with Gasteiger partial charge in [-0.3, -0.25) is 0 Å². The summed E-state index contributed by atoms with van der Waals surface area (Å²) in [6.07, 6.45) is 0. The van der Waals surface area contributed by atoms with Gasteiger partial charge in [0.1, 0.15) is 0 Å². The molecule has 64 valence electrons. The fourth-order valence-electron chi connectivity index (χ4n) is 0.982. The second kappa shape index (κ2) is 4.73. The average Bonchev–Trinajstić information content (AvgIpc) is 2.15. The SMILES string of the molecule is C=C(COCC)c1ccccc1. The number of rotatable bonds is 4. The van der Waals surface area contributed by atoms with E-state index in [0.717, 1.165) is 17.7 Å². The lowest BCUT2D eigenvalue weighted by atomic mass is 10.1. The van der Waals surface area contributed by atoms with Gasteiger partial charge in [0.05, 0.1) is 6.61 Å². The maximum Gasteiger partial charge on any atom is 0.0716 e. The molecule has 1 rings (SSSR count). The largest absolute Gasteiger partial charge is 0.377 e. The Balaban J connectivity index is 2.54. The summed E-state index contributed by atoms with van der Waals surface area (Å²) in [7, 11) is 0. The zero-order valence-electron chi connectivity index (χ0n) is 7.42. The second-order valence-electron chi connectivity index (χ2n) is 2.61. The summed E-state index contributed by atoms with van der Waals surface area (Å²) in [6, 6.07) is 10.1. The third-order valence-corrected chi connectivity index (χ3v) is 1.66. The van der Waals surface area contributed by atoms with Crippen molar-refractivity contribution in [3.05, 3.63) is 42.5 Å². The van der Waals surface area contributed by atoms with Gasteiger partial charge in [-0.25, -0.2) is 0 Å². The Morgan fingerprint density at radius 3 is 2.58 bits per heavy atom. The predicted octanol–water partition coefficient (Wildman–Crippen LogP) is 2.74. The number of ether oxygens (including phenoxy) is 1. The van der Waals surface area contributed by atoms with Crippen LogP contribution < -0.4 is 0 Å². The molecule has 0 fully saturated rings. The van der Waals surface area contributed by atoms with Crippen LogP contribution in [0.4, 0.5) is 0 Å². The lowest BCUT2D eigenvalue weighted by Crippen LogP contribution is -1.95. The fraction of sp³-hybridized carbons (Fsp3) is 0.273. The minimum absolute atomic E-state index is 0.626. The first-order valence-electron chi connectivity index (χ1n) is 4.15. The smallest absolute Gasteiger partial charge is 0.0716 e. The third kappa shape index (κ3) is 2.51. The Morgan fingerprint density at radius 2 is 2.00 bits per heavy atom. The van der Waals surface area contributed by atoms with Gasteiger partial charge in [-0.2, -0.15) is 0 Å². The number of hydrogen-bond acceptors (Lipinski definition) is 1. The molecule has 0 N–H and O–H groups in total. The highest BCUT2D eigenvalue weighted by Crippen LogP contribution is 2.11. The van der Waals surface area contributed by atoms with Crippen LogP contribution in [0.5, 0.6) is 0 Å². The molecule has 0 atom stereocenters. The van der Waals surface area contributed by atoms with Crippen LogP contribution in [0.2, 0.25) is 0 Å². The Labute approximate surface area is 73.7 Å². The molecule has 0 aliphatic rings. The molecule has 1 aromatic carbocycles. The predicted molar refractivity (Wildman–Crippen MR) is 52.0 cm³/mol. The summed E-state index contributed by atoms with van der Waals surface area (Å²) < 4.78 is 5.25. The van der Waals surface area contributed by atoms with E-state index in [1.807, 2.05) is 37.3 Å². The minimum atomic E-state index is 0.626. The molecule has 1 aromatic rings. The van der Waals surface area contributed by atoms with E-state index in [9.17, 15) is 0 Å². The average molecular weight is 162 g/mol. The van der Waals surface area contributed by atoms with Crippen LogP contribution in [0.1, 0.15) is 12.5 Å². The molecular weight excluding hydrogens is 148 g/mol. The Hall–Kier alpha value is -1.08. The van der Waals surface area contributed by atoms with E-state index in [-0.39, 0.29) is 0 Å². The lowest BCUT2D eigenvalue weighted by molar-refractivity contribution is 0.183. The molecule has 0 heterocycles. The third-order valence-electron chi connectivity index (χ3n) is 1.66. The second-order valence-corrected chi connectivity index (χ2v) is 2.61. The topological polar surface area (TPSA) is 9.23 Å². The van der Waals surface area contributed by atoms with Crippen molar-refractivity contribution in [2.45, 2.75) is 6.92 Å². The van der Waals surface area contributed by atoms with Crippen LogP contribution in [0.3, 0.4) is 0 Å². The fourth-order valence-corrected chi connectivity index (χ4v) is 0.982. The Morgan fingerprint density at radius 1 is 1.33 bits per heavy atom. The van der Waals surface area contributed by atoms with Gasteiger partial charge in [-0.1, -0.05) is 36.9 Å². The highest BCUT2D eigenvalue weighted by atomic mass is 16.5. The van der Waals surface area contributed by atoms with Crippen LogP contribution >= 0.6 is 0 Å². The number of benzene rings is 1. The van der Waals surface area contributed by atoms with Gasteiger partial charge in [0.2, 0.25) is 0 Å². The highest BCUT2D eigenvalue weighted by Gasteiger charge is 1.95. The number of hydrogen-bond donors (Lipinski definition) is 0. The first kappa shape index (κ1) is 9.01. The van der Waals surface area contributed by atoms with Crippen molar-refractivity contribution < 1.29 is 4.74 Å². The van der Waals surface area contributed by atoms with Crippen LogP contribution in [0, 0.1) is 0 Å². The highest BCUT2D eigenvalue weighted by molar-refractivity contribution is 5.63. The monoisotopic (exact) mass is 162 g/mol. The summed E-state index contributed by atoms with van der Waals surface area (Å²) in [6.45, 7) is 7.29. The van der Waals surface area contributed by atoms with Crippen molar-refractivity contribution in [1.82, 2.24) is 0 Å². The molecule has 1 heteroatoms.